The van der Waals surface area contributed by atoms with E-state index < -0.39 is 5.82 Å². The summed E-state index contributed by atoms with van der Waals surface area (Å²) in [7, 11) is 0. The van der Waals surface area contributed by atoms with Gasteiger partial charge >= 0.3 is 0 Å². The van der Waals surface area contributed by atoms with Gasteiger partial charge in [0.05, 0.1) is 5.02 Å². The molecule has 0 spiro atoms. The van der Waals surface area contributed by atoms with E-state index in [0.29, 0.717) is 16.1 Å². The first-order chi connectivity index (χ1) is 7.56. The number of benzene rings is 2. The molecule has 0 aliphatic heterocycles. The summed E-state index contributed by atoms with van der Waals surface area (Å²) in [5.41, 5.74) is 1.25. The summed E-state index contributed by atoms with van der Waals surface area (Å²) in [6.07, 6.45) is 0. The summed E-state index contributed by atoms with van der Waals surface area (Å²) in [6, 6.07) is 8.88. The van der Waals surface area contributed by atoms with Crippen molar-refractivity contribution in [1.82, 2.24) is 0 Å². The molecule has 16 heavy (non-hydrogen) atoms. The molecule has 1 nitrogen and oxygen atoms in total. The lowest BCUT2D eigenvalue weighted by molar-refractivity contribution is 0.476. The van der Waals surface area contributed by atoms with Gasteiger partial charge in [0.2, 0.25) is 0 Å². The van der Waals surface area contributed by atoms with Crippen molar-refractivity contribution < 1.29 is 9.50 Å². The Morgan fingerprint density at radius 1 is 0.938 bits per heavy atom. The Morgan fingerprint density at radius 3 is 2.31 bits per heavy atom. The van der Waals surface area contributed by atoms with Crippen LogP contribution in [-0.2, 0) is 0 Å². The van der Waals surface area contributed by atoms with Crippen LogP contribution in [0.4, 0.5) is 4.39 Å². The zero-order chi connectivity index (χ0) is 11.7. The van der Waals surface area contributed by atoms with Crippen molar-refractivity contribution in [2.24, 2.45) is 0 Å². The van der Waals surface area contributed by atoms with Gasteiger partial charge in [0.1, 0.15) is 11.6 Å². The summed E-state index contributed by atoms with van der Waals surface area (Å²) in [4.78, 5) is 0. The number of hydrogen-bond donors (Lipinski definition) is 1. The fourth-order valence-corrected chi connectivity index (χ4v) is 1.75. The van der Waals surface area contributed by atoms with Gasteiger partial charge in [-0.05, 0) is 41.5 Å². The number of halogens is 3. The first-order valence-electron chi connectivity index (χ1n) is 4.51. The quantitative estimate of drug-likeness (QED) is 0.797. The van der Waals surface area contributed by atoms with Gasteiger partial charge in [-0.2, -0.15) is 0 Å². The largest absolute Gasteiger partial charge is 0.506 e. The topological polar surface area (TPSA) is 20.2 Å². The Balaban J connectivity index is 2.54. The van der Waals surface area contributed by atoms with E-state index in [-0.39, 0.29) is 10.8 Å². The number of phenols is 1. The van der Waals surface area contributed by atoms with Gasteiger partial charge in [-0.1, -0.05) is 29.3 Å². The van der Waals surface area contributed by atoms with Crippen molar-refractivity contribution in [3.8, 4) is 16.9 Å². The molecule has 0 bridgehead atoms. The number of rotatable bonds is 1. The lowest BCUT2D eigenvalue weighted by atomic mass is 10.1. The zero-order valence-electron chi connectivity index (χ0n) is 8.05. The van der Waals surface area contributed by atoms with Gasteiger partial charge in [-0.25, -0.2) is 4.39 Å². The molecule has 0 fully saturated rings. The van der Waals surface area contributed by atoms with Crippen LogP contribution in [0.1, 0.15) is 0 Å². The highest BCUT2D eigenvalue weighted by Crippen LogP contribution is 2.31. The minimum Gasteiger partial charge on any atom is -0.506 e. The normalized spacial score (nSPS) is 10.4. The molecule has 0 heterocycles. The van der Waals surface area contributed by atoms with Gasteiger partial charge in [-0.15, -0.1) is 0 Å². The van der Waals surface area contributed by atoms with Crippen LogP contribution < -0.4 is 0 Å². The van der Waals surface area contributed by atoms with Crippen LogP contribution >= 0.6 is 23.2 Å². The Labute approximate surface area is 102 Å². The van der Waals surface area contributed by atoms with Crippen molar-refractivity contribution in [1.29, 1.82) is 0 Å². The van der Waals surface area contributed by atoms with Crippen LogP contribution in [-0.4, -0.2) is 5.11 Å². The Kier molecular flexibility index (Phi) is 3.03. The smallest absolute Gasteiger partial charge is 0.134 e. The van der Waals surface area contributed by atoms with Crippen LogP contribution in [0.15, 0.2) is 36.4 Å². The van der Waals surface area contributed by atoms with E-state index in [1.165, 1.54) is 18.2 Å². The maximum Gasteiger partial charge on any atom is 0.134 e. The third-order valence-corrected chi connectivity index (χ3v) is 2.68. The van der Waals surface area contributed by atoms with E-state index >= 15 is 0 Å². The van der Waals surface area contributed by atoms with Crippen LogP contribution in [0.2, 0.25) is 10.0 Å². The van der Waals surface area contributed by atoms with Crippen molar-refractivity contribution in [3.63, 3.8) is 0 Å². The average Bonchev–Trinajstić information content (AvgIpc) is 2.20. The SMILES string of the molecule is Oc1cc(-c2cc(F)cc(Cl)c2)ccc1Cl. The van der Waals surface area contributed by atoms with E-state index in [0.717, 1.165) is 0 Å². The second-order valence-corrected chi connectivity index (χ2v) is 4.17. The molecule has 0 aromatic heterocycles. The van der Waals surface area contributed by atoms with Crippen LogP contribution in [0.25, 0.3) is 11.1 Å². The number of phenolic OH excluding ortho intramolecular Hbond substituents is 1. The van der Waals surface area contributed by atoms with Crippen LogP contribution in [0.5, 0.6) is 5.75 Å². The molecular formula is C12H7Cl2FO. The summed E-state index contributed by atoms with van der Waals surface area (Å²) in [6.45, 7) is 0. The molecule has 0 aliphatic rings. The number of hydrogen-bond acceptors (Lipinski definition) is 1. The predicted octanol–water partition coefficient (Wildman–Crippen LogP) is 4.51. The first-order valence-corrected chi connectivity index (χ1v) is 5.27. The van der Waals surface area contributed by atoms with Crippen LogP contribution in [0.3, 0.4) is 0 Å². The van der Waals surface area contributed by atoms with Gasteiger partial charge in [0.15, 0.2) is 0 Å². The molecule has 2 aromatic carbocycles. The van der Waals surface area contributed by atoms with Gasteiger partial charge in [-0.3, -0.25) is 0 Å². The lowest BCUT2D eigenvalue weighted by Crippen LogP contribution is -1.81. The zero-order valence-corrected chi connectivity index (χ0v) is 9.56. The summed E-state index contributed by atoms with van der Waals surface area (Å²) >= 11 is 11.4. The molecule has 0 saturated heterocycles. The lowest BCUT2D eigenvalue weighted by Gasteiger charge is -2.04. The van der Waals surface area contributed by atoms with Crippen molar-refractivity contribution in [3.05, 3.63) is 52.3 Å². The molecule has 4 heteroatoms. The van der Waals surface area contributed by atoms with E-state index in [2.05, 4.69) is 0 Å². The maximum atomic E-state index is 13.1. The third kappa shape index (κ3) is 2.29. The predicted molar refractivity (Wildman–Crippen MR) is 63.5 cm³/mol. The maximum absolute atomic E-state index is 13.1. The Morgan fingerprint density at radius 2 is 1.69 bits per heavy atom. The molecular weight excluding hydrogens is 250 g/mol. The third-order valence-electron chi connectivity index (χ3n) is 2.14. The highest BCUT2D eigenvalue weighted by molar-refractivity contribution is 6.32. The molecule has 0 radical (unpaired) electrons. The molecule has 0 saturated carbocycles. The molecule has 82 valence electrons. The first kappa shape index (κ1) is 11.2. The molecule has 2 rings (SSSR count). The van der Waals surface area contributed by atoms with Gasteiger partial charge in [0.25, 0.3) is 0 Å². The molecule has 1 N–H and O–H groups in total. The van der Waals surface area contributed by atoms with E-state index in [4.69, 9.17) is 23.2 Å². The summed E-state index contributed by atoms with van der Waals surface area (Å²) < 4.78 is 13.1. The molecule has 0 unspecified atom stereocenters. The monoisotopic (exact) mass is 256 g/mol. The fourth-order valence-electron chi connectivity index (χ4n) is 1.41. The van der Waals surface area contributed by atoms with E-state index in [9.17, 15) is 9.50 Å². The fraction of sp³-hybridized carbons (Fsp3) is 0. The average molecular weight is 257 g/mol. The molecule has 0 amide bonds. The van der Waals surface area contributed by atoms with Crippen molar-refractivity contribution in [2.75, 3.05) is 0 Å². The molecule has 0 aliphatic carbocycles. The summed E-state index contributed by atoms with van der Waals surface area (Å²) in [5.74, 6) is -0.462. The second kappa shape index (κ2) is 4.32. The molecule has 2 aromatic rings. The second-order valence-electron chi connectivity index (χ2n) is 3.32. The van der Waals surface area contributed by atoms with Gasteiger partial charge < -0.3 is 5.11 Å². The minimum absolute atomic E-state index is 0.0421. The Hall–Kier alpha value is -1.25. The highest BCUT2D eigenvalue weighted by Gasteiger charge is 2.05. The van der Waals surface area contributed by atoms with Crippen LogP contribution in [0, 0.1) is 5.82 Å². The summed E-state index contributed by atoms with van der Waals surface area (Å²) in [5, 5.41) is 10.0. The number of aromatic hydroxyl groups is 1. The van der Waals surface area contributed by atoms with E-state index in [1.807, 2.05) is 0 Å². The Bertz CT molecular complexity index is 520. The van der Waals surface area contributed by atoms with Gasteiger partial charge in [0, 0.05) is 5.02 Å². The standard InChI is InChI=1S/C12H7Cl2FO/c13-9-3-8(4-10(15)6-9)7-1-2-11(14)12(16)5-7/h1-6,16H. The van der Waals surface area contributed by atoms with Crippen molar-refractivity contribution in [2.45, 2.75) is 0 Å². The molecule has 0 atom stereocenters. The van der Waals surface area contributed by atoms with Crippen molar-refractivity contribution >= 4 is 23.2 Å². The highest BCUT2D eigenvalue weighted by atomic mass is 35.5. The van der Waals surface area contributed by atoms with E-state index in [1.54, 1.807) is 18.2 Å². The minimum atomic E-state index is -0.420.